The van der Waals surface area contributed by atoms with Gasteiger partial charge in [-0.05, 0) is 12.3 Å². The maximum atomic E-state index is 12.0. The molecule has 0 bridgehead atoms. The molecule has 2 aliphatic rings. The van der Waals surface area contributed by atoms with E-state index in [0.29, 0.717) is 18.9 Å². The topological polar surface area (TPSA) is 41.6 Å². The van der Waals surface area contributed by atoms with Crippen LogP contribution >= 0.6 is 12.4 Å². The highest BCUT2D eigenvalue weighted by molar-refractivity contribution is 5.85. The van der Waals surface area contributed by atoms with Crippen LogP contribution in [0, 0.1) is 5.92 Å². The molecule has 4 nitrogen and oxygen atoms in total. The molecule has 0 aromatic rings. The number of nitrogens with one attached hydrogen (secondary N) is 1. The number of likely N-dealkylation sites (tertiary alicyclic amines) is 1. The van der Waals surface area contributed by atoms with E-state index in [1.54, 1.807) is 0 Å². The van der Waals surface area contributed by atoms with Gasteiger partial charge in [-0.1, -0.05) is 13.3 Å². The highest BCUT2D eigenvalue weighted by Gasteiger charge is 2.27. The molecule has 0 saturated carbocycles. The molecule has 2 aliphatic heterocycles. The van der Waals surface area contributed by atoms with Crippen molar-refractivity contribution in [1.82, 2.24) is 10.2 Å². The van der Waals surface area contributed by atoms with Crippen molar-refractivity contribution >= 4 is 18.3 Å². The second kappa shape index (κ2) is 7.19. The number of nitrogens with zero attached hydrogens (tertiary/aromatic N) is 1. The van der Waals surface area contributed by atoms with Gasteiger partial charge in [-0.25, -0.2) is 0 Å². The Morgan fingerprint density at radius 2 is 2.35 bits per heavy atom. The average molecular weight is 263 g/mol. The van der Waals surface area contributed by atoms with Crippen molar-refractivity contribution in [3.8, 4) is 0 Å². The van der Waals surface area contributed by atoms with E-state index in [4.69, 9.17) is 4.74 Å². The van der Waals surface area contributed by atoms with Gasteiger partial charge in [-0.2, -0.15) is 0 Å². The van der Waals surface area contributed by atoms with Gasteiger partial charge in [0, 0.05) is 32.1 Å². The SMILES string of the molecule is CCC1CCN(C(=O)CC2COCCN2)C1.Cl. The molecular weight excluding hydrogens is 240 g/mol. The lowest BCUT2D eigenvalue weighted by molar-refractivity contribution is -0.131. The number of morpholine rings is 1. The molecule has 0 radical (unpaired) electrons. The van der Waals surface area contributed by atoms with Crippen molar-refractivity contribution in [1.29, 1.82) is 0 Å². The summed E-state index contributed by atoms with van der Waals surface area (Å²) >= 11 is 0. The predicted octanol–water partition coefficient (Wildman–Crippen LogP) is 1.05. The van der Waals surface area contributed by atoms with Crippen LogP contribution in [-0.2, 0) is 9.53 Å². The number of amides is 1. The molecule has 2 rings (SSSR count). The predicted molar refractivity (Wildman–Crippen MR) is 69.5 cm³/mol. The molecule has 100 valence electrons. The first-order valence-electron chi connectivity index (χ1n) is 6.38. The van der Waals surface area contributed by atoms with Crippen molar-refractivity contribution in [2.45, 2.75) is 32.2 Å². The largest absolute Gasteiger partial charge is 0.378 e. The van der Waals surface area contributed by atoms with Crippen molar-refractivity contribution in [3.05, 3.63) is 0 Å². The first kappa shape index (κ1) is 14.7. The summed E-state index contributed by atoms with van der Waals surface area (Å²) < 4.78 is 5.35. The Hall–Kier alpha value is -0.320. The highest BCUT2D eigenvalue weighted by Crippen LogP contribution is 2.20. The summed E-state index contributed by atoms with van der Waals surface area (Å²) in [5.74, 6) is 1.01. The number of carbonyl (C=O) groups excluding carboxylic acids is 1. The van der Waals surface area contributed by atoms with Gasteiger partial charge >= 0.3 is 0 Å². The third-order valence-corrected chi connectivity index (χ3v) is 3.64. The van der Waals surface area contributed by atoms with Gasteiger partial charge < -0.3 is 15.0 Å². The smallest absolute Gasteiger partial charge is 0.224 e. The lowest BCUT2D eigenvalue weighted by Gasteiger charge is -2.25. The molecule has 1 amide bonds. The van der Waals surface area contributed by atoms with Crippen LogP contribution in [0.2, 0.25) is 0 Å². The van der Waals surface area contributed by atoms with Crippen LogP contribution in [0.15, 0.2) is 0 Å². The Labute approximate surface area is 109 Å². The van der Waals surface area contributed by atoms with Gasteiger partial charge in [0.25, 0.3) is 0 Å². The molecule has 0 aromatic carbocycles. The lowest BCUT2D eigenvalue weighted by Crippen LogP contribution is -2.44. The molecule has 5 heteroatoms. The van der Waals surface area contributed by atoms with Crippen LogP contribution < -0.4 is 5.32 Å². The Balaban J connectivity index is 0.00000144. The third-order valence-electron chi connectivity index (χ3n) is 3.64. The zero-order valence-corrected chi connectivity index (χ0v) is 11.3. The third kappa shape index (κ3) is 4.12. The summed E-state index contributed by atoms with van der Waals surface area (Å²) in [5, 5.41) is 3.33. The summed E-state index contributed by atoms with van der Waals surface area (Å²) in [6, 6.07) is 0.224. The number of carbonyl (C=O) groups is 1. The summed E-state index contributed by atoms with van der Waals surface area (Å²) in [7, 11) is 0. The van der Waals surface area contributed by atoms with Gasteiger partial charge in [-0.15, -0.1) is 12.4 Å². The number of rotatable bonds is 3. The van der Waals surface area contributed by atoms with Gasteiger partial charge in [0.15, 0.2) is 0 Å². The number of hydrogen-bond donors (Lipinski definition) is 1. The van der Waals surface area contributed by atoms with E-state index in [0.717, 1.165) is 32.2 Å². The van der Waals surface area contributed by atoms with Crippen molar-refractivity contribution < 1.29 is 9.53 Å². The first-order chi connectivity index (χ1) is 7.79. The maximum absolute atomic E-state index is 12.0. The minimum atomic E-state index is 0. The Morgan fingerprint density at radius 1 is 1.53 bits per heavy atom. The molecule has 2 heterocycles. The molecule has 0 spiro atoms. The van der Waals surface area contributed by atoms with E-state index in [2.05, 4.69) is 12.2 Å². The fourth-order valence-corrected chi connectivity index (χ4v) is 2.48. The number of hydrogen-bond acceptors (Lipinski definition) is 3. The van der Waals surface area contributed by atoms with E-state index in [-0.39, 0.29) is 18.4 Å². The Morgan fingerprint density at radius 3 is 2.94 bits per heavy atom. The lowest BCUT2D eigenvalue weighted by atomic mass is 10.1. The molecule has 0 aliphatic carbocycles. The zero-order chi connectivity index (χ0) is 11.4. The van der Waals surface area contributed by atoms with Gasteiger partial charge in [-0.3, -0.25) is 4.79 Å². The standard InChI is InChI=1S/C12H22N2O2.ClH/c1-2-10-3-5-14(8-10)12(15)7-11-9-16-6-4-13-11;/h10-11,13H,2-9H2,1H3;1H. The van der Waals surface area contributed by atoms with Crippen LogP contribution in [-0.4, -0.2) is 49.7 Å². The zero-order valence-electron chi connectivity index (χ0n) is 10.5. The van der Waals surface area contributed by atoms with E-state index < -0.39 is 0 Å². The molecule has 2 fully saturated rings. The second-order valence-corrected chi connectivity index (χ2v) is 4.83. The van der Waals surface area contributed by atoms with Crippen LogP contribution in [0.3, 0.4) is 0 Å². The summed E-state index contributed by atoms with van der Waals surface area (Å²) in [4.78, 5) is 14.0. The van der Waals surface area contributed by atoms with Crippen molar-refractivity contribution in [2.75, 3.05) is 32.8 Å². The number of ether oxygens (including phenoxy) is 1. The fraction of sp³-hybridized carbons (Fsp3) is 0.917. The van der Waals surface area contributed by atoms with Gasteiger partial charge in [0.05, 0.1) is 13.2 Å². The molecule has 1 N–H and O–H groups in total. The molecule has 2 saturated heterocycles. The minimum Gasteiger partial charge on any atom is -0.378 e. The van der Waals surface area contributed by atoms with E-state index in [1.165, 1.54) is 12.8 Å². The van der Waals surface area contributed by atoms with Crippen LogP contribution in [0.25, 0.3) is 0 Å². The summed E-state index contributed by atoms with van der Waals surface area (Å²) in [5.41, 5.74) is 0. The number of halogens is 1. The maximum Gasteiger partial charge on any atom is 0.224 e. The van der Waals surface area contributed by atoms with Crippen LogP contribution in [0.5, 0.6) is 0 Å². The van der Waals surface area contributed by atoms with Crippen LogP contribution in [0.4, 0.5) is 0 Å². The molecule has 2 atom stereocenters. The average Bonchev–Trinajstić information content (AvgIpc) is 2.79. The Bertz CT molecular complexity index is 245. The quantitative estimate of drug-likeness (QED) is 0.827. The normalized spacial score (nSPS) is 28.9. The van der Waals surface area contributed by atoms with Gasteiger partial charge in [0.2, 0.25) is 5.91 Å². The summed E-state index contributed by atoms with van der Waals surface area (Å²) in [6.45, 7) is 6.43. The van der Waals surface area contributed by atoms with Gasteiger partial charge in [0.1, 0.15) is 0 Å². The second-order valence-electron chi connectivity index (χ2n) is 4.83. The van der Waals surface area contributed by atoms with Crippen molar-refractivity contribution in [2.24, 2.45) is 5.92 Å². The molecule has 2 unspecified atom stereocenters. The monoisotopic (exact) mass is 262 g/mol. The molecule has 0 aromatic heterocycles. The van der Waals surface area contributed by atoms with E-state index in [1.807, 2.05) is 4.90 Å². The fourth-order valence-electron chi connectivity index (χ4n) is 2.48. The first-order valence-corrected chi connectivity index (χ1v) is 6.38. The molecular formula is C12H23ClN2O2. The summed E-state index contributed by atoms with van der Waals surface area (Å²) in [6.07, 6.45) is 2.96. The van der Waals surface area contributed by atoms with Crippen LogP contribution in [0.1, 0.15) is 26.2 Å². The minimum absolute atomic E-state index is 0. The Kier molecular flexibility index (Phi) is 6.23. The van der Waals surface area contributed by atoms with E-state index in [9.17, 15) is 4.79 Å². The van der Waals surface area contributed by atoms with Crippen molar-refractivity contribution in [3.63, 3.8) is 0 Å². The highest BCUT2D eigenvalue weighted by atomic mass is 35.5. The van der Waals surface area contributed by atoms with E-state index >= 15 is 0 Å². The molecule has 17 heavy (non-hydrogen) atoms.